The highest BCUT2D eigenvalue weighted by Gasteiger charge is 2.14. The van der Waals surface area contributed by atoms with Gasteiger partial charge in [0.15, 0.2) is 0 Å². The van der Waals surface area contributed by atoms with Crippen LogP contribution >= 0.6 is 0 Å². The molecule has 0 amide bonds. The second kappa shape index (κ2) is 7.65. The molecule has 144 valence electrons. The molecule has 3 heterocycles. The zero-order valence-corrected chi connectivity index (χ0v) is 17.3. The largest absolute Gasteiger partial charge is 0.361 e. The highest BCUT2D eigenvalue weighted by molar-refractivity contribution is 6.76. The zero-order chi connectivity index (χ0) is 19.6. The summed E-state index contributed by atoms with van der Waals surface area (Å²) >= 11 is 0. The first-order valence-corrected chi connectivity index (χ1v) is 12.9. The van der Waals surface area contributed by atoms with Gasteiger partial charge in [0.25, 0.3) is 5.56 Å². The number of fused-ring (bicyclic) bond motifs is 1. The number of aromatic nitrogens is 4. The number of aryl methyl sites for hydroxylation is 1. The van der Waals surface area contributed by atoms with Crippen LogP contribution in [0, 0.1) is 0 Å². The van der Waals surface area contributed by atoms with Crippen molar-refractivity contribution in [3.05, 3.63) is 57.8 Å². The summed E-state index contributed by atoms with van der Waals surface area (Å²) in [4.78, 5) is 29.4. The smallest absolute Gasteiger partial charge is 0.337 e. The van der Waals surface area contributed by atoms with Crippen molar-refractivity contribution in [2.45, 2.75) is 45.9 Å². The summed E-state index contributed by atoms with van der Waals surface area (Å²) in [6.07, 6.45) is 6.90. The molecule has 0 aliphatic rings. The lowest BCUT2D eigenvalue weighted by Crippen LogP contribution is -2.39. The van der Waals surface area contributed by atoms with Gasteiger partial charge < -0.3 is 9.30 Å². The molecule has 0 bridgehead atoms. The monoisotopic (exact) mass is 386 g/mol. The van der Waals surface area contributed by atoms with E-state index >= 15 is 0 Å². The first kappa shape index (κ1) is 19.3. The van der Waals surface area contributed by atoms with Crippen LogP contribution < -0.4 is 11.2 Å². The van der Waals surface area contributed by atoms with Gasteiger partial charge in [-0.1, -0.05) is 19.6 Å². The summed E-state index contributed by atoms with van der Waals surface area (Å²) in [6, 6.07) is 4.33. The predicted molar refractivity (Wildman–Crippen MR) is 109 cm³/mol. The Morgan fingerprint density at radius 2 is 1.89 bits per heavy atom. The van der Waals surface area contributed by atoms with Gasteiger partial charge in [0.2, 0.25) is 0 Å². The molecule has 0 aliphatic carbocycles. The second-order valence-corrected chi connectivity index (χ2v) is 13.4. The Morgan fingerprint density at radius 3 is 2.59 bits per heavy atom. The summed E-state index contributed by atoms with van der Waals surface area (Å²) in [5.41, 5.74) is 0.816. The van der Waals surface area contributed by atoms with Gasteiger partial charge in [0.05, 0.1) is 23.6 Å². The SMILES string of the molecule is CCn1ccc2c(-n3ccc(=O)n(COCC[Si](C)(C)C)c3=O)cncc21. The van der Waals surface area contributed by atoms with Gasteiger partial charge in [-0.3, -0.25) is 14.3 Å². The quantitative estimate of drug-likeness (QED) is 0.462. The van der Waals surface area contributed by atoms with Crippen LogP contribution in [-0.4, -0.2) is 33.4 Å². The number of hydrogen-bond donors (Lipinski definition) is 0. The maximum atomic E-state index is 12.9. The van der Waals surface area contributed by atoms with Crippen molar-refractivity contribution < 1.29 is 4.74 Å². The fourth-order valence-corrected chi connectivity index (χ4v) is 3.67. The lowest BCUT2D eigenvalue weighted by molar-refractivity contribution is 0.0810. The minimum absolute atomic E-state index is 0.0393. The van der Waals surface area contributed by atoms with Gasteiger partial charge >= 0.3 is 5.69 Å². The van der Waals surface area contributed by atoms with E-state index in [1.54, 1.807) is 12.4 Å². The molecule has 0 saturated heterocycles. The normalized spacial score (nSPS) is 12.0. The third-order valence-corrected chi connectivity index (χ3v) is 6.27. The van der Waals surface area contributed by atoms with Gasteiger partial charge in [-0.15, -0.1) is 0 Å². The molecular weight excluding hydrogens is 360 g/mol. The lowest BCUT2D eigenvalue weighted by Gasteiger charge is -2.16. The molecule has 3 aromatic rings. The van der Waals surface area contributed by atoms with Gasteiger partial charge in [-0.2, -0.15) is 0 Å². The Kier molecular flexibility index (Phi) is 5.47. The van der Waals surface area contributed by atoms with Crippen molar-refractivity contribution in [2.24, 2.45) is 0 Å². The fraction of sp³-hybridized carbons (Fsp3) is 0.421. The molecule has 8 heteroatoms. The van der Waals surface area contributed by atoms with Crippen molar-refractivity contribution in [3.63, 3.8) is 0 Å². The van der Waals surface area contributed by atoms with Crippen LogP contribution in [0.3, 0.4) is 0 Å². The van der Waals surface area contributed by atoms with Crippen LogP contribution in [0.1, 0.15) is 6.92 Å². The number of nitrogens with zero attached hydrogens (tertiary/aromatic N) is 4. The fourth-order valence-electron chi connectivity index (χ4n) is 2.91. The molecule has 0 atom stereocenters. The standard InChI is InChI=1S/C19H26N4O3Si/c1-5-21-8-6-15-16(21)12-20-13-17(15)22-9-7-18(24)23(19(22)25)14-26-10-11-27(2,3)4/h6-9,12-13H,5,10-11,14H2,1-4H3. The summed E-state index contributed by atoms with van der Waals surface area (Å²) < 4.78 is 10.3. The molecular formula is C19H26N4O3Si. The van der Waals surface area contributed by atoms with Gasteiger partial charge in [-0.25, -0.2) is 9.36 Å². The van der Waals surface area contributed by atoms with Crippen molar-refractivity contribution in [1.29, 1.82) is 0 Å². The van der Waals surface area contributed by atoms with Crippen LogP contribution in [0.25, 0.3) is 16.6 Å². The third kappa shape index (κ3) is 4.11. The van der Waals surface area contributed by atoms with E-state index in [4.69, 9.17) is 4.74 Å². The van der Waals surface area contributed by atoms with E-state index in [9.17, 15) is 9.59 Å². The molecule has 0 unspecified atom stereocenters. The predicted octanol–water partition coefficient (Wildman–Crippen LogP) is 2.68. The summed E-state index contributed by atoms with van der Waals surface area (Å²) in [6.45, 7) is 10.1. The molecule has 0 saturated carbocycles. The van der Waals surface area contributed by atoms with Gasteiger partial charge in [0.1, 0.15) is 6.73 Å². The molecule has 0 aromatic carbocycles. The van der Waals surface area contributed by atoms with E-state index < -0.39 is 13.8 Å². The average molecular weight is 387 g/mol. The number of rotatable bonds is 7. The maximum absolute atomic E-state index is 12.9. The second-order valence-electron chi connectivity index (χ2n) is 7.78. The van der Waals surface area contributed by atoms with Gasteiger partial charge in [-0.05, 0) is 19.0 Å². The minimum atomic E-state index is -1.22. The third-order valence-electron chi connectivity index (χ3n) is 4.56. The Bertz CT molecular complexity index is 1060. The first-order chi connectivity index (χ1) is 12.8. The van der Waals surface area contributed by atoms with E-state index in [0.29, 0.717) is 12.3 Å². The average Bonchev–Trinajstić information content (AvgIpc) is 3.03. The van der Waals surface area contributed by atoms with Crippen LogP contribution in [0.2, 0.25) is 25.7 Å². The Balaban J connectivity index is 1.95. The number of hydrogen-bond acceptors (Lipinski definition) is 4. The number of ether oxygens (including phenoxy) is 1. The Labute approximate surface area is 158 Å². The van der Waals surface area contributed by atoms with E-state index in [1.807, 2.05) is 12.3 Å². The molecule has 7 nitrogen and oxygen atoms in total. The van der Waals surface area contributed by atoms with Gasteiger partial charge in [0, 0.05) is 45.1 Å². The topological polar surface area (TPSA) is 71.1 Å². The first-order valence-electron chi connectivity index (χ1n) is 9.15. The van der Waals surface area contributed by atoms with E-state index in [-0.39, 0.29) is 12.3 Å². The van der Waals surface area contributed by atoms with E-state index in [2.05, 4.69) is 36.1 Å². The molecule has 0 radical (unpaired) electrons. The minimum Gasteiger partial charge on any atom is -0.361 e. The molecule has 0 spiro atoms. The van der Waals surface area contributed by atoms with Crippen LogP contribution in [0.4, 0.5) is 0 Å². The van der Waals surface area contributed by atoms with Crippen molar-refractivity contribution in [3.8, 4) is 5.69 Å². The van der Waals surface area contributed by atoms with Crippen molar-refractivity contribution in [1.82, 2.24) is 18.7 Å². The number of pyridine rings is 1. The highest BCUT2D eigenvalue weighted by atomic mass is 28.3. The Hall–Kier alpha value is -2.45. The summed E-state index contributed by atoms with van der Waals surface area (Å²) in [5, 5.41) is 0.916. The maximum Gasteiger partial charge on any atom is 0.337 e. The zero-order valence-electron chi connectivity index (χ0n) is 16.3. The van der Waals surface area contributed by atoms with E-state index in [0.717, 1.165) is 28.1 Å². The molecule has 27 heavy (non-hydrogen) atoms. The van der Waals surface area contributed by atoms with Crippen LogP contribution in [0.15, 0.2) is 46.5 Å². The summed E-state index contributed by atoms with van der Waals surface area (Å²) in [7, 11) is -1.22. The molecule has 0 fully saturated rings. The van der Waals surface area contributed by atoms with Crippen molar-refractivity contribution >= 4 is 19.0 Å². The molecule has 3 aromatic heterocycles. The molecule has 0 aliphatic heterocycles. The van der Waals surface area contributed by atoms with Crippen molar-refractivity contribution in [2.75, 3.05) is 6.61 Å². The van der Waals surface area contributed by atoms with E-state index in [1.165, 1.54) is 16.8 Å². The van der Waals surface area contributed by atoms with Crippen LogP contribution in [0.5, 0.6) is 0 Å². The summed E-state index contributed by atoms with van der Waals surface area (Å²) in [5.74, 6) is 0. The van der Waals surface area contributed by atoms with Crippen LogP contribution in [-0.2, 0) is 18.0 Å². The molecule has 0 N–H and O–H groups in total. The highest BCUT2D eigenvalue weighted by Crippen LogP contribution is 2.21. The lowest BCUT2D eigenvalue weighted by atomic mass is 10.2. The molecule has 3 rings (SSSR count). The Morgan fingerprint density at radius 1 is 1.11 bits per heavy atom.